The van der Waals surface area contributed by atoms with Crippen LogP contribution in [0.3, 0.4) is 0 Å². The Morgan fingerprint density at radius 1 is 1.17 bits per heavy atom. The molecule has 2 aromatic heterocycles. The zero-order chi connectivity index (χ0) is 20.6. The molecule has 0 radical (unpaired) electrons. The molecule has 0 N–H and O–H groups in total. The predicted molar refractivity (Wildman–Crippen MR) is 114 cm³/mol. The molecule has 0 bridgehead atoms. The summed E-state index contributed by atoms with van der Waals surface area (Å²) in [5, 5.41) is 2.11. The maximum atomic E-state index is 12.9. The van der Waals surface area contributed by atoms with Gasteiger partial charge in [0, 0.05) is 47.1 Å². The van der Waals surface area contributed by atoms with Gasteiger partial charge in [-0.1, -0.05) is 19.1 Å². The highest BCUT2D eigenvalue weighted by atomic mass is 16.5. The van der Waals surface area contributed by atoms with Crippen LogP contribution in [0.2, 0.25) is 0 Å². The molecule has 3 aromatic rings. The lowest BCUT2D eigenvalue weighted by Gasteiger charge is -2.43. The maximum absolute atomic E-state index is 12.9. The summed E-state index contributed by atoms with van der Waals surface area (Å²) in [4.78, 5) is 23.9. The summed E-state index contributed by atoms with van der Waals surface area (Å²) in [6.07, 6.45) is 7.28. The molecule has 2 aliphatic rings. The molecule has 0 unspecified atom stereocenters. The molecule has 1 aromatic carbocycles. The highest BCUT2D eigenvalue weighted by Gasteiger charge is 2.36. The molecule has 6 heteroatoms. The Labute approximate surface area is 176 Å². The van der Waals surface area contributed by atoms with Crippen molar-refractivity contribution in [2.75, 3.05) is 32.8 Å². The van der Waals surface area contributed by atoms with E-state index in [-0.39, 0.29) is 5.92 Å². The van der Waals surface area contributed by atoms with E-state index in [9.17, 15) is 4.79 Å². The summed E-state index contributed by atoms with van der Waals surface area (Å²) in [5.41, 5.74) is 2.11. The van der Waals surface area contributed by atoms with Crippen LogP contribution >= 0.6 is 0 Å². The van der Waals surface area contributed by atoms with Gasteiger partial charge >= 0.3 is 0 Å². The summed E-state index contributed by atoms with van der Waals surface area (Å²) in [7, 11) is 0. The average molecular weight is 405 g/mol. The van der Waals surface area contributed by atoms with E-state index in [1.54, 1.807) is 6.20 Å². The lowest BCUT2D eigenvalue weighted by molar-refractivity contribution is -0.127. The zero-order valence-corrected chi connectivity index (χ0v) is 17.3. The maximum Gasteiger partial charge on any atom is 0.181 e. The van der Waals surface area contributed by atoms with Crippen molar-refractivity contribution in [3.63, 3.8) is 0 Å². The van der Waals surface area contributed by atoms with Gasteiger partial charge in [-0.15, -0.1) is 0 Å². The number of hydrogen-bond acceptors (Lipinski definition) is 6. The normalized spacial score (nSPS) is 19.6. The number of piperidine rings is 1. The molecular formula is C24H27N3O3. The quantitative estimate of drug-likeness (QED) is 0.622. The first-order valence-electron chi connectivity index (χ1n) is 10.7. The molecule has 2 fully saturated rings. The molecule has 6 nitrogen and oxygen atoms in total. The van der Waals surface area contributed by atoms with E-state index in [0.717, 1.165) is 73.5 Å². The Kier molecular flexibility index (Phi) is 5.13. The van der Waals surface area contributed by atoms with Crippen molar-refractivity contribution < 1.29 is 13.9 Å². The van der Waals surface area contributed by atoms with Crippen LogP contribution < -0.4 is 0 Å². The summed E-state index contributed by atoms with van der Waals surface area (Å²) < 4.78 is 10.8. The Bertz CT molecular complexity index is 1040. The number of benzene rings is 1. The van der Waals surface area contributed by atoms with Gasteiger partial charge in [0.2, 0.25) is 0 Å². The zero-order valence-electron chi connectivity index (χ0n) is 17.3. The molecule has 30 heavy (non-hydrogen) atoms. The van der Waals surface area contributed by atoms with Gasteiger partial charge in [-0.3, -0.25) is 9.78 Å². The van der Waals surface area contributed by atoms with E-state index in [2.05, 4.69) is 27.9 Å². The molecule has 0 amide bonds. The van der Waals surface area contributed by atoms with E-state index >= 15 is 0 Å². The number of aromatic nitrogens is 2. The lowest BCUT2D eigenvalue weighted by Crippen LogP contribution is -2.50. The van der Waals surface area contributed by atoms with Gasteiger partial charge in [-0.25, -0.2) is 4.98 Å². The molecule has 0 aliphatic carbocycles. The molecule has 2 saturated heterocycles. The molecule has 2 aliphatic heterocycles. The Morgan fingerprint density at radius 2 is 2.00 bits per heavy atom. The number of Topliss-reactive ketones (excluding diaryl/α,β-unsaturated/α-hetero) is 1. The molecule has 0 saturated carbocycles. The third-order valence-electron chi connectivity index (χ3n) is 6.40. The fourth-order valence-electron chi connectivity index (χ4n) is 4.61. The highest BCUT2D eigenvalue weighted by Crippen LogP contribution is 2.30. The van der Waals surface area contributed by atoms with Gasteiger partial charge in [-0.05, 0) is 43.5 Å². The minimum absolute atomic E-state index is 0.143. The van der Waals surface area contributed by atoms with E-state index in [0.29, 0.717) is 17.6 Å². The van der Waals surface area contributed by atoms with E-state index in [1.807, 2.05) is 24.4 Å². The Morgan fingerprint density at radius 3 is 2.70 bits per heavy atom. The van der Waals surface area contributed by atoms with Crippen molar-refractivity contribution >= 4 is 16.6 Å². The smallest absolute Gasteiger partial charge is 0.181 e. The van der Waals surface area contributed by atoms with Gasteiger partial charge in [0.15, 0.2) is 12.2 Å². The van der Waals surface area contributed by atoms with Crippen LogP contribution in [0.5, 0.6) is 0 Å². The number of carbonyl (C=O) groups is 1. The monoisotopic (exact) mass is 405 g/mol. The number of pyridine rings is 1. The summed E-state index contributed by atoms with van der Waals surface area (Å²) in [6.45, 7) is 7.07. The number of rotatable bonds is 6. The lowest BCUT2D eigenvalue weighted by atomic mass is 9.85. The topological polar surface area (TPSA) is 68.5 Å². The van der Waals surface area contributed by atoms with Gasteiger partial charge in [0.05, 0.1) is 19.4 Å². The van der Waals surface area contributed by atoms with Gasteiger partial charge in [0.25, 0.3) is 0 Å². The average Bonchev–Trinajstić information content (AvgIpc) is 3.27. The predicted octanol–water partition coefficient (Wildman–Crippen LogP) is 3.75. The number of nitrogens with zero attached hydrogens (tertiary/aromatic N) is 3. The minimum Gasteiger partial charge on any atom is -0.444 e. The fraction of sp³-hybridized carbons (Fsp3) is 0.458. The van der Waals surface area contributed by atoms with E-state index in [1.165, 1.54) is 6.39 Å². The molecule has 156 valence electrons. The standard InChI is InChI=1S/C24H27N3O3/c1-24(14-29-15-24)13-27-6-4-17(5-7-27)22(28)10-21-9-20-8-18(23-12-25-16-30-23)2-3-19(20)11-26-21/h2-3,8-9,11-12,16-17H,4-7,10,13-15H2,1H3. The van der Waals surface area contributed by atoms with Crippen LogP contribution in [-0.2, 0) is 16.0 Å². The first kappa shape index (κ1) is 19.4. The third kappa shape index (κ3) is 4.02. The van der Waals surface area contributed by atoms with Crippen LogP contribution in [0.4, 0.5) is 0 Å². The van der Waals surface area contributed by atoms with Gasteiger partial charge in [-0.2, -0.15) is 0 Å². The molecule has 5 rings (SSSR count). The van der Waals surface area contributed by atoms with Crippen LogP contribution in [0, 0.1) is 11.3 Å². The summed E-state index contributed by atoms with van der Waals surface area (Å²) in [5.74, 6) is 1.19. The molecular weight excluding hydrogens is 378 g/mol. The van der Waals surface area contributed by atoms with Crippen LogP contribution in [0.25, 0.3) is 22.1 Å². The second kappa shape index (κ2) is 7.93. The molecule has 0 spiro atoms. The Balaban J connectivity index is 1.22. The van der Waals surface area contributed by atoms with Crippen LogP contribution in [0.15, 0.2) is 47.5 Å². The van der Waals surface area contributed by atoms with Gasteiger partial charge < -0.3 is 14.1 Å². The number of fused-ring (bicyclic) bond motifs is 1. The van der Waals surface area contributed by atoms with Crippen molar-refractivity contribution in [1.82, 2.24) is 14.9 Å². The highest BCUT2D eigenvalue weighted by molar-refractivity contribution is 5.88. The molecule has 4 heterocycles. The number of ketones is 1. The van der Waals surface area contributed by atoms with Crippen molar-refractivity contribution in [3.8, 4) is 11.3 Å². The number of hydrogen-bond donors (Lipinski definition) is 0. The SMILES string of the molecule is CC1(CN2CCC(C(=O)Cc3cc4cc(-c5cnco5)ccc4cn3)CC2)COC1. The number of carbonyl (C=O) groups excluding carboxylic acids is 1. The Hall–Kier alpha value is -2.57. The largest absolute Gasteiger partial charge is 0.444 e. The number of oxazole rings is 1. The van der Waals surface area contributed by atoms with Crippen molar-refractivity contribution in [3.05, 3.63) is 48.7 Å². The van der Waals surface area contributed by atoms with Crippen molar-refractivity contribution in [2.45, 2.75) is 26.2 Å². The first-order valence-corrected chi connectivity index (χ1v) is 10.7. The summed E-state index contributed by atoms with van der Waals surface area (Å²) in [6, 6.07) is 8.11. The first-order chi connectivity index (χ1) is 14.6. The second-order valence-electron chi connectivity index (χ2n) is 9.10. The third-order valence-corrected chi connectivity index (χ3v) is 6.40. The fourth-order valence-corrected chi connectivity index (χ4v) is 4.61. The van der Waals surface area contributed by atoms with Crippen molar-refractivity contribution in [1.29, 1.82) is 0 Å². The number of likely N-dealkylation sites (tertiary alicyclic amines) is 1. The minimum atomic E-state index is 0.143. The van der Waals surface area contributed by atoms with Gasteiger partial charge in [0.1, 0.15) is 5.78 Å². The van der Waals surface area contributed by atoms with E-state index in [4.69, 9.17) is 9.15 Å². The van der Waals surface area contributed by atoms with Crippen LogP contribution in [0.1, 0.15) is 25.5 Å². The second-order valence-corrected chi connectivity index (χ2v) is 9.10. The molecule has 0 atom stereocenters. The van der Waals surface area contributed by atoms with Crippen LogP contribution in [-0.4, -0.2) is 53.5 Å². The summed E-state index contributed by atoms with van der Waals surface area (Å²) >= 11 is 0. The number of ether oxygens (including phenoxy) is 1. The van der Waals surface area contributed by atoms with Crippen molar-refractivity contribution in [2.24, 2.45) is 11.3 Å². The van der Waals surface area contributed by atoms with E-state index < -0.39 is 0 Å².